The van der Waals surface area contributed by atoms with E-state index >= 15 is 0 Å². The van der Waals surface area contributed by atoms with Crippen LogP contribution in [-0.2, 0) is 52.2 Å². The number of aliphatic hydroxyl groups excluding tert-OH is 26. The molecule has 39 atom stereocenters. The molecular weight excluding hydrogens is 1620 g/mol. The summed E-state index contributed by atoms with van der Waals surface area (Å²) in [6, 6.07) is 0. The number of esters is 1. The van der Waals surface area contributed by atoms with Gasteiger partial charge in [0.25, 0.3) is 0 Å². The summed E-state index contributed by atoms with van der Waals surface area (Å²) in [6.07, 6.45) is -34.6. The van der Waals surface area contributed by atoms with E-state index in [0.29, 0.717) is 6.42 Å². The first-order valence-corrected chi connectivity index (χ1v) is 42.0. The lowest BCUT2D eigenvalue weighted by atomic mass is 9.73. The largest absolute Gasteiger partial charge is 0.463 e. The van der Waals surface area contributed by atoms with Crippen LogP contribution in [0.5, 0.6) is 0 Å². The molecule has 17 unspecified atom stereocenters. The summed E-state index contributed by atoms with van der Waals surface area (Å²) >= 11 is 0. The van der Waals surface area contributed by atoms with Crippen LogP contribution in [0.25, 0.3) is 0 Å². The standard InChI is InChI=1S/C14H25FO3.C11H22O5.5C10H20O5.C9H18O4/c1-8-9(2)12(15)13(14(4,5)6)18-11(8)7-17-10(3)16;1-11(2,3)7-9(14)8(13)6(5-12)16-10(7)15-4;4*1-10(2,3)9-8(14)7(13)6(12)5(4-11)15-9;1-10(2,3)4-5-6(11)7(12)8(13)9(14)15-5;1-9(2,3)8-7(12)6(11)5(10)4-13-8/h8-9,11-13H,7H2,1-6H3;6-10,12-14H,5H2,1-4H3;5*5-9,11-14H,4H2,1-3H3;5-8,10-12H,4H2,1-3H3/t8-,9-,11?,12?,13+;6?,7?,8-,9-,10+;5?,6-,7+,8?,9+;5?,6-,7+,8?,9-;2*5?,6-,7-,8?,9+;5?,6-,7+,8?,9?;5-,6+,7?,8?/m01110011/s1. The summed E-state index contributed by atoms with van der Waals surface area (Å²) in [5.74, 6) is -0.718. The minimum Gasteiger partial charge on any atom is -0.463 e. The van der Waals surface area contributed by atoms with Crippen molar-refractivity contribution >= 4 is 5.97 Å². The predicted octanol–water partition coefficient (Wildman–Crippen LogP) is -3.06. The molecule has 37 nitrogen and oxygen atoms in total. The van der Waals surface area contributed by atoms with Crippen molar-refractivity contribution in [1.29, 1.82) is 0 Å². The minimum absolute atomic E-state index is 0.0398. The number of carbonyl (C=O) groups is 1. The molecule has 0 amide bonds. The Kier molecular flexibility index (Phi) is 47.3. The van der Waals surface area contributed by atoms with E-state index in [1.165, 1.54) is 14.0 Å². The van der Waals surface area contributed by atoms with Gasteiger partial charge in [0, 0.05) is 20.0 Å². The van der Waals surface area contributed by atoms with Crippen LogP contribution in [0.3, 0.4) is 0 Å². The maximum Gasteiger partial charge on any atom is 0.302 e. The van der Waals surface area contributed by atoms with E-state index in [1.54, 1.807) is 0 Å². The van der Waals surface area contributed by atoms with Crippen LogP contribution in [0.4, 0.5) is 4.39 Å². The van der Waals surface area contributed by atoms with Gasteiger partial charge in [0.1, 0.15) is 159 Å². The number of aliphatic hydroxyl groups is 26. The average molecular weight is 1790 g/mol. The molecule has 8 aliphatic rings. The van der Waals surface area contributed by atoms with Gasteiger partial charge in [-0.15, -0.1) is 0 Å². The molecule has 0 saturated carbocycles. The molecule has 8 rings (SSSR count). The SMILES string of the molecule is CC(=O)OCC1O[C@@H](C(C)(C)C)C(F)[C@@H](C)[C@@H]1C.CC(C)(C)C1OC[C@@H](O)[C@H](O)C1O.CC(C)(C)CC1OC(O)C(O)[C@@H](O)[C@@H]1O.CC(C)(C)[C@@H]1OC(CO)[C@@H](O)[C@H](O)C1O.CC(C)(C)[C@@H]1OC(CO)[C@H](O)[C@H](O)C1O.CC(C)(C)[C@@H]1OC(CO)[C@H](O)[C@H](O)C1O.CC(C)(C)[C@H]1OC(CO)[C@@H](O)[C@H](O)C1O.CO[C@H]1OC(CO)[C@@H](O)[C@H](O)C1C(C)(C)C. The fourth-order valence-electron chi connectivity index (χ4n) is 15.1. The third-order valence-electron chi connectivity index (χ3n) is 22.8. The lowest BCUT2D eigenvalue weighted by Crippen LogP contribution is -2.61. The Morgan fingerprint density at radius 2 is 0.590 bits per heavy atom. The van der Waals surface area contributed by atoms with Crippen molar-refractivity contribution in [3.05, 3.63) is 0 Å². The number of halogens is 1. The maximum absolute atomic E-state index is 14.3. The molecule has 0 aliphatic carbocycles. The number of carbonyl (C=O) groups excluding carboxylic acids is 1. The lowest BCUT2D eigenvalue weighted by molar-refractivity contribution is -0.294. The molecule has 122 heavy (non-hydrogen) atoms. The highest BCUT2D eigenvalue weighted by atomic mass is 19.1. The Morgan fingerprint density at radius 1 is 0.320 bits per heavy atom. The molecule has 8 fully saturated rings. The van der Waals surface area contributed by atoms with Crippen molar-refractivity contribution in [2.75, 3.05) is 53.4 Å². The third-order valence-corrected chi connectivity index (χ3v) is 22.8. The summed E-state index contributed by atoms with van der Waals surface area (Å²) < 4.78 is 67.7. The lowest BCUT2D eigenvalue weighted by Gasteiger charge is -2.47. The average Bonchev–Trinajstić information content (AvgIpc) is 0.779. The van der Waals surface area contributed by atoms with Crippen LogP contribution in [0.15, 0.2) is 0 Å². The molecule has 0 spiro atoms. The monoisotopic (exact) mass is 1790 g/mol. The molecule has 0 aromatic rings. The summed E-state index contributed by atoms with van der Waals surface area (Å²) in [6.45, 7) is 49.4. The van der Waals surface area contributed by atoms with Gasteiger partial charge < -0.3 is 180 Å². The van der Waals surface area contributed by atoms with E-state index in [2.05, 4.69) is 0 Å². The van der Waals surface area contributed by atoms with Gasteiger partial charge in [-0.05, 0) is 61.6 Å². The molecule has 8 heterocycles. The van der Waals surface area contributed by atoms with Gasteiger partial charge in [-0.1, -0.05) is 180 Å². The maximum atomic E-state index is 14.3. The molecule has 8 aliphatic heterocycles. The number of hydrogen-bond donors (Lipinski definition) is 26. The van der Waals surface area contributed by atoms with E-state index < -0.39 is 214 Å². The van der Waals surface area contributed by atoms with Gasteiger partial charge in [-0.25, -0.2) is 4.39 Å². The zero-order chi connectivity index (χ0) is 95.8. The van der Waals surface area contributed by atoms with Crippen molar-refractivity contribution in [2.45, 2.75) is 414 Å². The van der Waals surface area contributed by atoms with Crippen LogP contribution in [-0.4, -0.2) is 412 Å². The number of ether oxygens (including phenoxy) is 10. The van der Waals surface area contributed by atoms with Gasteiger partial charge in [0.15, 0.2) is 12.6 Å². The van der Waals surface area contributed by atoms with Crippen LogP contribution >= 0.6 is 0 Å². The molecule has 0 aromatic heterocycles. The molecular formula is C84H165FO37. The van der Waals surface area contributed by atoms with Crippen molar-refractivity contribution in [3.63, 3.8) is 0 Å². The molecule has 0 aromatic carbocycles. The van der Waals surface area contributed by atoms with E-state index in [0.717, 1.165) is 0 Å². The van der Waals surface area contributed by atoms with Crippen molar-refractivity contribution < 1.29 is 189 Å². The highest BCUT2D eigenvalue weighted by Crippen LogP contribution is 2.43. The van der Waals surface area contributed by atoms with Crippen molar-refractivity contribution in [2.24, 2.45) is 61.1 Å². The van der Waals surface area contributed by atoms with Gasteiger partial charge in [0.2, 0.25) is 0 Å². The van der Waals surface area contributed by atoms with Crippen LogP contribution in [0.1, 0.15) is 193 Å². The third kappa shape index (κ3) is 33.7. The molecule has 8 saturated heterocycles. The normalized spacial score (nSPS) is 41.8. The van der Waals surface area contributed by atoms with Crippen LogP contribution < -0.4 is 0 Å². The van der Waals surface area contributed by atoms with E-state index in [-0.39, 0.29) is 119 Å². The first-order valence-electron chi connectivity index (χ1n) is 42.0. The number of hydrogen-bond acceptors (Lipinski definition) is 37. The summed E-state index contributed by atoms with van der Waals surface area (Å²) in [5, 5.41) is 246. The molecule has 38 heteroatoms. The van der Waals surface area contributed by atoms with Gasteiger partial charge in [-0.3, -0.25) is 4.79 Å². The summed E-state index contributed by atoms with van der Waals surface area (Å²) in [4.78, 5) is 10.9. The van der Waals surface area contributed by atoms with E-state index in [4.69, 9.17) is 72.9 Å². The quantitative estimate of drug-likeness (QED) is 0.102. The zero-order valence-electron chi connectivity index (χ0n) is 77.2. The number of rotatable bonds is 9. The molecule has 0 bridgehead atoms. The Morgan fingerprint density at radius 3 is 0.861 bits per heavy atom. The highest BCUT2D eigenvalue weighted by molar-refractivity contribution is 5.65. The van der Waals surface area contributed by atoms with Gasteiger partial charge in [0.05, 0.1) is 94.6 Å². The zero-order valence-corrected chi connectivity index (χ0v) is 77.2. The Bertz CT molecular complexity index is 2690. The number of alkyl halides is 1. The number of methoxy groups -OCH3 is 1. The van der Waals surface area contributed by atoms with Crippen LogP contribution in [0, 0.1) is 61.1 Å². The van der Waals surface area contributed by atoms with E-state index in [1.807, 2.05) is 180 Å². The second-order valence-electron chi connectivity index (χ2n) is 42.2. The Labute approximate surface area is 720 Å². The molecule has 0 radical (unpaired) electrons. The summed E-state index contributed by atoms with van der Waals surface area (Å²) in [7, 11) is 1.49. The van der Waals surface area contributed by atoms with Crippen LogP contribution in [0.2, 0.25) is 0 Å². The van der Waals surface area contributed by atoms with E-state index in [9.17, 15) is 116 Å². The van der Waals surface area contributed by atoms with Crippen molar-refractivity contribution in [3.8, 4) is 0 Å². The van der Waals surface area contributed by atoms with Crippen molar-refractivity contribution in [1.82, 2.24) is 0 Å². The predicted molar refractivity (Wildman–Crippen MR) is 439 cm³/mol. The first-order chi connectivity index (χ1) is 55.2. The second kappa shape index (κ2) is 48.9. The highest BCUT2D eigenvalue weighted by Gasteiger charge is 2.55. The van der Waals surface area contributed by atoms with Gasteiger partial charge >= 0.3 is 5.97 Å². The molecule has 730 valence electrons. The first kappa shape index (κ1) is 118. The fourth-order valence-corrected chi connectivity index (χ4v) is 15.1. The van der Waals surface area contributed by atoms with Gasteiger partial charge in [-0.2, -0.15) is 0 Å². The molecule has 26 N–H and O–H groups in total. The smallest absolute Gasteiger partial charge is 0.302 e. The fraction of sp³-hybridized carbons (Fsp3) is 0.988. The summed E-state index contributed by atoms with van der Waals surface area (Å²) in [5.41, 5.74) is -2.32. The minimum atomic E-state index is -1.45. The Balaban J connectivity index is 0.000000698. The Hall–Kier alpha value is -2.00. The second-order valence-corrected chi connectivity index (χ2v) is 42.2. The topological polar surface area (TPSA) is 635 Å².